The predicted octanol–water partition coefficient (Wildman–Crippen LogP) is -0.106. The highest BCUT2D eigenvalue weighted by atomic mass is 32.2. The number of hydrogen-bond donors (Lipinski definition) is 1. The maximum atomic E-state index is 12.0. The number of carbonyl (C=O) groups excluding carboxylic acids is 1. The van der Waals surface area contributed by atoms with Crippen molar-refractivity contribution >= 4 is 27.4 Å². The summed E-state index contributed by atoms with van der Waals surface area (Å²) in [5.74, 6) is -1.35. The molecule has 0 unspecified atom stereocenters. The molecule has 1 saturated heterocycles. The van der Waals surface area contributed by atoms with Crippen molar-refractivity contribution < 1.29 is 17.9 Å². The van der Waals surface area contributed by atoms with E-state index in [0.29, 0.717) is 31.9 Å². The number of piperazine rings is 1. The Morgan fingerprint density at radius 1 is 1.29 bits per heavy atom. The SMILES string of the molecule is COC(=O)CS(=O)(=O)N1CCN(c2cccc(N)c2)CC1. The molecule has 116 valence electrons. The number of nitrogens with two attached hydrogens (primary N) is 1. The lowest BCUT2D eigenvalue weighted by Crippen LogP contribution is -2.50. The average Bonchev–Trinajstić information content (AvgIpc) is 2.47. The molecule has 2 rings (SSSR count). The van der Waals surface area contributed by atoms with Crippen LogP contribution in [0, 0.1) is 0 Å². The molecule has 1 aliphatic heterocycles. The molecule has 0 aromatic heterocycles. The van der Waals surface area contributed by atoms with E-state index in [4.69, 9.17) is 5.73 Å². The highest BCUT2D eigenvalue weighted by molar-refractivity contribution is 7.89. The smallest absolute Gasteiger partial charge is 0.322 e. The van der Waals surface area contributed by atoms with Crippen LogP contribution in [0.2, 0.25) is 0 Å². The van der Waals surface area contributed by atoms with E-state index in [2.05, 4.69) is 9.64 Å². The minimum Gasteiger partial charge on any atom is -0.468 e. The number of rotatable bonds is 4. The Labute approximate surface area is 124 Å². The van der Waals surface area contributed by atoms with E-state index in [0.717, 1.165) is 5.69 Å². The van der Waals surface area contributed by atoms with E-state index in [1.54, 1.807) is 6.07 Å². The molecular weight excluding hydrogens is 294 g/mol. The normalized spacial score (nSPS) is 16.7. The van der Waals surface area contributed by atoms with E-state index in [-0.39, 0.29) is 0 Å². The zero-order valence-electron chi connectivity index (χ0n) is 11.9. The zero-order chi connectivity index (χ0) is 15.5. The van der Waals surface area contributed by atoms with Gasteiger partial charge >= 0.3 is 5.97 Å². The first kappa shape index (κ1) is 15.6. The van der Waals surface area contributed by atoms with Gasteiger partial charge in [-0.05, 0) is 18.2 Å². The van der Waals surface area contributed by atoms with E-state index < -0.39 is 21.7 Å². The first-order valence-electron chi connectivity index (χ1n) is 6.57. The van der Waals surface area contributed by atoms with E-state index in [1.807, 2.05) is 18.2 Å². The zero-order valence-corrected chi connectivity index (χ0v) is 12.7. The minimum absolute atomic E-state index is 0.341. The van der Waals surface area contributed by atoms with Gasteiger partial charge in [0.05, 0.1) is 7.11 Å². The Balaban J connectivity index is 1.98. The number of methoxy groups -OCH3 is 1. The van der Waals surface area contributed by atoms with Gasteiger partial charge in [-0.3, -0.25) is 4.79 Å². The van der Waals surface area contributed by atoms with Crippen LogP contribution in [0.4, 0.5) is 11.4 Å². The van der Waals surface area contributed by atoms with Gasteiger partial charge in [-0.2, -0.15) is 4.31 Å². The van der Waals surface area contributed by atoms with Crippen molar-refractivity contribution in [3.05, 3.63) is 24.3 Å². The molecule has 21 heavy (non-hydrogen) atoms. The van der Waals surface area contributed by atoms with Crippen molar-refractivity contribution in [1.29, 1.82) is 0 Å². The summed E-state index contributed by atoms with van der Waals surface area (Å²) in [7, 11) is -2.42. The number of hydrogen-bond acceptors (Lipinski definition) is 6. The summed E-state index contributed by atoms with van der Waals surface area (Å²) in [4.78, 5) is 13.2. The van der Waals surface area contributed by atoms with Gasteiger partial charge in [0.25, 0.3) is 0 Å². The summed E-state index contributed by atoms with van der Waals surface area (Å²) in [5.41, 5.74) is 7.39. The molecule has 7 nitrogen and oxygen atoms in total. The third kappa shape index (κ3) is 3.85. The monoisotopic (exact) mass is 313 g/mol. The van der Waals surface area contributed by atoms with Gasteiger partial charge in [0.1, 0.15) is 0 Å². The number of nitrogen functional groups attached to an aromatic ring is 1. The van der Waals surface area contributed by atoms with Crippen molar-refractivity contribution in [3.63, 3.8) is 0 Å². The molecular formula is C13H19N3O4S. The molecule has 0 bridgehead atoms. The van der Waals surface area contributed by atoms with Crippen molar-refractivity contribution in [1.82, 2.24) is 4.31 Å². The lowest BCUT2D eigenvalue weighted by atomic mass is 10.2. The van der Waals surface area contributed by atoms with Crippen LogP contribution in [0.1, 0.15) is 0 Å². The molecule has 1 fully saturated rings. The Morgan fingerprint density at radius 3 is 2.52 bits per heavy atom. The Hall–Kier alpha value is -1.80. The van der Waals surface area contributed by atoms with Crippen LogP contribution in [-0.4, -0.2) is 57.7 Å². The van der Waals surface area contributed by atoms with Crippen molar-refractivity contribution in [2.45, 2.75) is 0 Å². The highest BCUT2D eigenvalue weighted by Crippen LogP contribution is 2.20. The molecule has 1 aromatic carbocycles. The number of ether oxygens (including phenoxy) is 1. The number of esters is 1. The largest absolute Gasteiger partial charge is 0.468 e. The van der Waals surface area contributed by atoms with E-state index in [1.165, 1.54) is 11.4 Å². The molecule has 0 saturated carbocycles. The Morgan fingerprint density at radius 2 is 1.95 bits per heavy atom. The van der Waals surface area contributed by atoms with Gasteiger partial charge in [-0.15, -0.1) is 0 Å². The van der Waals surface area contributed by atoms with Gasteiger partial charge in [0, 0.05) is 37.6 Å². The maximum Gasteiger partial charge on any atom is 0.322 e. The number of carbonyl (C=O) groups is 1. The molecule has 0 spiro atoms. The predicted molar refractivity (Wildman–Crippen MR) is 80.4 cm³/mol. The van der Waals surface area contributed by atoms with E-state index >= 15 is 0 Å². The van der Waals surface area contributed by atoms with Gasteiger partial charge in [0.15, 0.2) is 5.75 Å². The minimum atomic E-state index is -3.60. The van der Waals surface area contributed by atoms with Gasteiger partial charge < -0.3 is 15.4 Å². The summed E-state index contributed by atoms with van der Waals surface area (Å²) in [6.45, 7) is 1.80. The highest BCUT2D eigenvalue weighted by Gasteiger charge is 2.29. The van der Waals surface area contributed by atoms with Gasteiger partial charge in [-0.25, -0.2) is 8.42 Å². The molecule has 1 heterocycles. The molecule has 0 amide bonds. The molecule has 1 aliphatic rings. The first-order chi connectivity index (χ1) is 9.92. The number of sulfonamides is 1. The van der Waals surface area contributed by atoms with Gasteiger partial charge in [-0.1, -0.05) is 6.07 Å². The summed E-state index contributed by atoms with van der Waals surface area (Å²) >= 11 is 0. The Bertz CT molecular complexity index is 610. The van der Waals surface area contributed by atoms with Crippen LogP contribution < -0.4 is 10.6 Å². The van der Waals surface area contributed by atoms with Gasteiger partial charge in [0.2, 0.25) is 10.0 Å². The van der Waals surface area contributed by atoms with Crippen molar-refractivity contribution in [3.8, 4) is 0 Å². The average molecular weight is 313 g/mol. The second-order valence-electron chi connectivity index (χ2n) is 4.81. The molecule has 1 aromatic rings. The number of anilines is 2. The summed E-state index contributed by atoms with van der Waals surface area (Å²) in [6, 6.07) is 7.47. The third-order valence-electron chi connectivity index (χ3n) is 3.40. The third-order valence-corrected chi connectivity index (χ3v) is 5.15. The topological polar surface area (TPSA) is 92.9 Å². The second kappa shape index (κ2) is 6.31. The summed E-state index contributed by atoms with van der Waals surface area (Å²) < 4.78 is 29.8. The fraction of sp³-hybridized carbons (Fsp3) is 0.462. The van der Waals surface area contributed by atoms with Crippen LogP contribution in [0.5, 0.6) is 0 Å². The van der Waals surface area contributed by atoms with E-state index in [9.17, 15) is 13.2 Å². The van der Waals surface area contributed by atoms with Crippen LogP contribution in [0.15, 0.2) is 24.3 Å². The first-order valence-corrected chi connectivity index (χ1v) is 8.18. The summed E-state index contributed by atoms with van der Waals surface area (Å²) in [6.07, 6.45) is 0. The van der Waals surface area contributed by atoms with Crippen LogP contribution in [0.3, 0.4) is 0 Å². The maximum absolute atomic E-state index is 12.0. The number of nitrogens with zero attached hydrogens (tertiary/aromatic N) is 2. The standard InChI is InChI=1S/C13H19N3O4S/c1-20-13(17)10-21(18,19)16-7-5-15(6-8-16)12-4-2-3-11(14)9-12/h2-4,9H,5-8,10,14H2,1H3. The molecule has 2 N–H and O–H groups in total. The fourth-order valence-corrected chi connectivity index (χ4v) is 3.56. The van der Waals surface area contributed by atoms with Crippen LogP contribution in [-0.2, 0) is 19.6 Å². The lowest BCUT2D eigenvalue weighted by molar-refractivity contribution is -0.137. The van der Waals surface area contributed by atoms with Crippen molar-refractivity contribution in [2.24, 2.45) is 0 Å². The lowest BCUT2D eigenvalue weighted by Gasteiger charge is -2.35. The van der Waals surface area contributed by atoms with Crippen LogP contribution in [0.25, 0.3) is 0 Å². The Kier molecular flexibility index (Phi) is 4.69. The fourth-order valence-electron chi connectivity index (χ4n) is 2.25. The number of benzene rings is 1. The van der Waals surface area contributed by atoms with Crippen molar-refractivity contribution in [2.75, 3.05) is 49.7 Å². The van der Waals surface area contributed by atoms with Crippen LogP contribution >= 0.6 is 0 Å². The molecule has 0 atom stereocenters. The second-order valence-corrected chi connectivity index (χ2v) is 6.78. The summed E-state index contributed by atoms with van der Waals surface area (Å²) in [5, 5.41) is 0. The molecule has 8 heteroatoms. The molecule has 0 aliphatic carbocycles. The molecule has 0 radical (unpaired) electrons. The quantitative estimate of drug-likeness (QED) is 0.616.